The molecule has 2 heterocycles. The molecule has 0 amide bonds. The van der Waals surface area contributed by atoms with Crippen LogP contribution in [0, 0.1) is 5.82 Å². The van der Waals surface area contributed by atoms with Gasteiger partial charge >= 0.3 is 0 Å². The van der Waals surface area contributed by atoms with Crippen LogP contribution in [-0.4, -0.2) is 31.7 Å². The number of halogens is 1. The van der Waals surface area contributed by atoms with E-state index in [0.717, 1.165) is 37.2 Å². The maximum Gasteiger partial charge on any atom is 0.238 e. The van der Waals surface area contributed by atoms with E-state index in [2.05, 4.69) is 5.32 Å². The van der Waals surface area contributed by atoms with Gasteiger partial charge in [-0.1, -0.05) is 0 Å². The number of anilines is 1. The third-order valence-corrected chi connectivity index (χ3v) is 3.90. The van der Waals surface area contributed by atoms with Gasteiger partial charge in [-0.3, -0.25) is 0 Å². The van der Waals surface area contributed by atoms with Gasteiger partial charge in [-0.05, 0) is 44.1 Å². The zero-order valence-corrected chi connectivity index (χ0v) is 10.3. The summed E-state index contributed by atoms with van der Waals surface area (Å²) >= 11 is 0. The Morgan fingerprint density at radius 1 is 1.44 bits per heavy atom. The molecule has 1 fully saturated rings. The molecule has 98 valence electrons. The lowest BCUT2D eigenvalue weighted by atomic mass is 9.82. The van der Waals surface area contributed by atoms with E-state index in [1.54, 1.807) is 18.0 Å². The topological polar surface area (TPSA) is 44.7 Å². The van der Waals surface area contributed by atoms with E-state index in [0.29, 0.717) is 0 Å². The standard InChI is InChI=1S/C13H17FN2O2/c1-16-11-3-2-9(14)8-10(11)13(18-12(16)17)4-6-15-7-5-13/h2-3,8,12,15,17H,4-7H2,1H3. The van der Waals surface area contributed by atoms with E-state index in [4.69, 9.17) is 4.74 Å². The molecule has 0 bridgehead atoms. The Bertz CT molecular complexity index is 460. The van der Waals surface area contributed by atoms with Crippen molar-refractivity contribution >= 4 is 5.69 Å². The molecule has 1 atom stereocenters. The molecule has 1 unspecified atom stereocenters. The first kappa shape index (κ1) is 11.9. The molecule has 3 rings (SSSR count). The minimum atomic E-state index is -0.971. The minimum Gasteiger partial charge on any atom is -0.351 e. The fraction of sp³-hybridized carbons (Fsp3) is 0.538. The first-order chi connectivity index (χ1) is 8.62. The number of nitrogens with one attached hydrogen (secondary N) is 1. The van der Waals surface area contributed by atoms with Crippen molar-refractivity contribution in [3.63, 3.8) is 0 Å². The van der Waals surface area contributed by atoms with Gasteiger partial charge in [0, 0.05) is 18.3 Å². The van der Waals surface area contributed by atoms with Crippen molar-refractivity contribution in [2.45, 2.75) is 24.9 Å². The summed E-state index contributed by atoms with van der Waals surface area (Å²) in [5.74, 6) is -0.264. The van der Waals surface area contributed by atoms with E-state index in [-0.39, 0.29) is 5.82 Å². The van der Waals surface area contributed by atoms with Crippen molar-refractivity contribution in [2.24, 2.45) is 0 Å². The van der Waals surface area contributed by atoms with Crippen LogP contribution in [0.25, 0.3) is 0 Å². The monoisotopic (exact) mass is 252 g/mol. The van der Waals surface area contributed by atoms with Crippen LogP contribution in [0.1, 0.15) is 18.4 Å². The van der Waals surface area contributed by atoms with Gasteiger partial charge in [0.15, 0.2) is 0 Å². The van der Waals surface area contributed by atoms with Crippen molar-refractivity contribution in [1.29, 1.82) is 0 Å². The molecule has 1 spiro atoms. The number of rotatable bonds is 0. The van der Waals surface area contributed by atoms with Gasteiger partial charge in [-0.25, -0.2) is 4.39 Å². The van der Waals surface area contributed by atoms with Crippen LogP contribution in [0.2, 0.25) is 0 Å². The molecule has 2 aliphatic rings. The number of ether oxygens (including phenoxy) is 1. The summed E-state index contributed by atoms with van der Waals surface area (Å²) < 4.78 is 19.3. The Morgan fingerprint density at radius 3 is 2.89 bits per heavy atom. The second-order valence-electron chi connectivity index (χ2n) is 4.96. The van der Waals surface area contributed by atoms with Crippen molar-refractivity contribution in [3.05, 3.63) is 29.6 Å². The molecule has 0 aromatic heterocycles. The van der Waals surface area contributed by atoms with Crippen molar-refractivity contribution in [3.8, 4) is 0 Å². The van der Waals surface area contributed by atoms with Crippen LogP contribution < -0.4 is 10.2 Å². The summed E-state index contributed by atoms with van der Waals surface area (Å²) in [5.41, 5.74) is 1.13. The Morgan fingerprint density at radius 2 is 2.17 bits per heavy atom. The molecule has 1 saturated heterocycles. The predicted molar refractivity (Wildman–Crippen MR) is 65.7 cm³/mol. The smallest absolute Gasteiger partial charge is 0.238 e. The molecule has 0 saturated carbocycles. The number of aliphatic hydroxyl groups is 1. The molecule has 4 nitrogen and oxygen atoms in total. The van der Waals surface area contributed by atoms with Crippen molar-refractivity contribution in [2.75, 3.05) is 25.0 Å². The largest absolute Gasteiger partial charge is 0.351 e. The van der Waals surface area contributed by atoms with Gasteiger partial charge in [0.25, 0.3) is 0 Å². The molecule has 2 N–H and O–H groups in total. The fourth-order valence-corrected chi connectivity index (χ4v) is 2.86. The van der Waals surface area contributed by atoms with Gasteiger partial charge in [0.05, 0.1) is 0 Å². The zero-order chi connectivity index (χ0) is 12.8. The second kappa shape index (κ2) is 4.19. The first-order valence-electron chi connectivity index (χ1n) is 6.22. The van der Waals surface area contributed by atoms with Crippen LogP contribution in [0.15, 0.2) is 18.2 Å². The van der Waals surface area contributed by atoms with Crippen LogP contribution >= 0.6 is 0 Å². The minimum absolute atomic E-state index is 0.264. The molecular weight excluding hydrogens is 235 g/mol. The highest BCUT2D eigenvalue weighted by molar-refractivity contribution is 5.57. The average molecular weight is 252 g/mol. The highest BCUT2D eigenvalue weighted by Gasteiger charge is 2.44. The normalized spacial score (nSPS) is 26.2. The summed E-state index contributed by atoms with van der Waals surface area (Å²) in [6.07, 6.45) is 0.518. The maximum absolute atomic E-state index is 13.5. The number of benzene rings is 1. The van der Waals surface area contributed by atoms with Gasteiger partial charge in [0.1, 0.15) is 11.4 Å². The SMILES string of the molecule is CN1c2ccc(F)cc2C2(CCNCC2)OC1O. The molecule has 0 aliphatic carbocycles. The van der Waals surface area contributed by atoms with Crippen LogP contribution in [0.3, 0.4) is 0 Å². The number of aliphatic hydroxyl groups excluding tert-OH is 1. The number of fused-ring (bicyclic) bond motifs is 2. The Balaban J connectivity index is 2.12. The van der Waals surface area contributed by atoms with Gasteiger partial charge in [-0.2, -0.15) is 0 Å². The Hall–Kier alpha value is -1.17. The zero-order valence-electron chi connectivity index (χ0n) is 10.3. The highest BCUT2D eigenvalue weighted by atomic mass is 19.1. The summed E-state index contributed by atoms with van der Waals surface area (Å²) in [6, 6.07) is 4.66. The maximum atomic E-state index is 13.5. The lowest BCUT2D eigenvalue weighted by Gasteiger charge is -2.47. The summed E-state index contributed by atoms with van der Waals surface area (Å²) in [6.45, 7) is 1.62. The third kappa shape index (κ3) is 1.70. The van der Waals surface area contributed by atoms with Crippen molar-refractivity contribution in [1.82, 2.24) is 5.32 Å². The lowest BCUT2D eigenvalue weighted by Crippen LogP contribution is -2.52. The first-order valence-corrected chi connectivity index (χ1v) is 6.22. The van der Waals surface area contributed by atoms with E-state index in [9.17, 15) is 9.50 Å². The molecule has 5 heteroatoms. The van der Waals surface area contributed by atoms with E-state index < -0.39 is 12.0 Å². The molecule has 1 aromatic rings. The van der Waals surface area contributed by atoms with Gasteiger partial charge in [0.2, 0.25) is 6.41 Å². The number of piperidine rings is 1. The predicted octanol–water partition coefficient (Wildman–Crippen LogP) is 1.15. The van der Waals surface area contributed by atoms with E-state index >= 15 is 0 Å². The summed E-state index contributed by atoms with van der Waals surface area (Å²) in [7, 11) is 1.75. The quantitative estimate of drug-likeness (QED) is 0.727. The molecular formula is C13H17FN2O2. The Labute approximate surface area is 105 Å². The number of hydrogen-bond donors (Lipinski definition) is 2. The third-order valence-electron chi connectivity index (χ3n) is 3.90. The van der Waals surface area contributed by atoms with Gasteiger partial charge in [-0.15, -0.1) is 0 Å². The molecule has 1 aromatic carbocycles. The van der Waals surface area contributed by atoms with E-state index in [1.807, 2.05) is 0 Å². The number of hydrogen-bond acceptors (Lipinski definition) is 4. The molecule has 18 heavy (non-hydrogen) atoms. The Kier molecular flexibility index (Phi) is 2.77. The second-order valence-corrected chi connectivity index (χ2v) is 4.96. The number of nitrogens with zero attached hydrogens (tertiary/aromatic N) is 1. The highest BCUT2D eigenvalue weighted by Crippen LogP contribution is 2.45. The summed E-state index contributed by atoms with van der Waals surface area (Å²) in [5, 5.41) is 13.3. The lowest BCUT2D eigenvalue weighted by molar-refractivity contribution is -0.206. The molecule has 2 aliphatic heterocycles. The van der Waals surface area contributed by atoms with E-state index in [1.165, 1.54) is 12.1 Å². The summed E-state index contributed by atoms with van der Waals surface area (Å²) in [4.78, 5) is 1.63. The van der Waals surface area contributed by atoms with Crippen LogP contribution in [0.5, 0.6) is 0 Å². The average Bonchev–Trinajstić information content (AvgIpc) is 2.37. The van der Waals surface area contributed by atoms with Crippen molar-refractivity contribution < 1.29 is 14.2 Å². The fourth-order valence-electron chi connectivity index (χ4n) is 2.86. The molecule has 0 radical (unpaired) electrons. The van der Waals surface area contributed by atoms with Crippen LogP contribution in [0.4, 0.5) is 10.1 Å². The van der Waals surface area contributed by atoms with Gasteiger partial charge < -0.3 is 20.1 Å². The van der Waals surface area contributed by atoms with Crippen LogP contribution in [-0.2, 0) is 10.3 Å².